The minimum absolute atomic E-state index is 0.220. The van der Waals surface area contributed by atoms with Crippen molar-refractivity contribution in [2.75, 3.05) is 0 Å². The van der Waals surface area contributed by atoms with Gasteiger partial charge in [0.25, 0.3) is 0 Å². The van der Waals surface area contributed by atoms with E-state index in [1.54, 1.807) is 6.92 Å². The second kappa shape index (κ2) is 5.01. The molecule has 1 atom stereocenters. The Bertz CT molecular complexity index is 625. The van der Waals surface area contributed by atoms with Gasteiger partial charge in [0.15, 0.2) is 17.5 Å². The molecule has 1 unspecified atom stereocenters. The van der Waals surface area contributed by atoms with E-state index in [2.05, 4.69) is 0 Å². The van der Waals surface area contributed by atoms with Gasteiger partial charge in [0.1, 0.15) is 5.82 Å². The van der Waals surface area contributed by atoms with Gasteiger partial charge in [0.2, 0.25) is 0 Å². The molecular weight excluding hydrogens is 258 g/mol. The molecular formula is C14H11F4N. The second-order valence-electron chi connectivity index (χ2n) is 4.25. The molecule has 0 heterocycles. The Hall–Kier alpha value is -1.88. The molecule has 0 aliphatic rings. The van der Waals surface area contributed by atoms with Crippen LogP contribution in [0.4, 0.5) is 17.6 Å². The maximum absolute atomic E-state index is 13.6. The molecule has 2 aromatic rings. The van der Waals surface area contributed by atoms with Crippen LogP contribution < -0.4 is 5.73 Å². The fourth-order valence-corrected chi connectivity index (χ4v) is 1.76. The first kappa shape index (κ1) is 13.5. The summed E-state index contributed by atoms with van der Waals surface area (Å²) in [6.45, 7) is 1.57. The van der Waals surface area contributed by atoms with Gasteiger partial charge in [0.05, 0.1) is 6.04 Å². The summed E-state index contributed by atoms with van der Waals surface area (Å²) < 4.78 is 53.0. The first-order chi connectivity index (χ1) is 8.91. The zero-order valence-electron chi connectivity index (χ0n) is 10.1. The molecule has 0 aliphatic heterocycles. The lowest BCUT2D eigenvalue weighted by atomic mass is 9.98. The molecule has 2 aromatic carbocycles. The molecule has 0 amide bonds. The first-order valence-corrected chi connectivity index (χ1v) is 5.57. The number of aryl methyl sites for hydroxylation is 1. The van der Waals surface area contributed by atoms with Crippen molar-refractivity contribution < 1.29 is 17.6 Å². The Morgan fingerprint density at radius 3 is 2.21 bits per heavy atom. The molecule has 0 saturated carbocycles. The largest absolute Gasteiger partial charge is 0.320 e. The quantitative estimate of drug-likeness (QED) is 0.654. The van der Waals surface area contributed by atoms with E-state index in [1.807, 2.05) is 0 Å². The zero-order valence-corrected chi connectivity index (χ0v) is 10.1. The number of hydrogen-bond acceptors (Lipinski definition) is 1. The lowest BCUT2D eigenvalue weighted by molar-refractivity contribution is 0.438. The topological polar surface area (TPSA) is 26.0 Å². The Morgan fingerprint density at radius 2 is 1.58 bits per heavy atom. The number of nitrogens with two attached hydrogens (primary N) is 1. The number of hydrogen-bond donors (Lipinski definition) is 1. The average molecular weight is 269 g/mol. The molecule has 2 N–H and O–H groups in total. The van der Waals surface area contributed by atoms with Gasteiger partial charge < -0.3 is 5.73 Å². The predicted molar refractivity (Wildman–Crippen MR) is 63.5 cm³/mol. The Kier molecular flexibility index (Phi) is 3.57. The van der Waals surface area contributed by atoms with Gasteiger partial charge in [-0.2, -0.15) is 0 Å². The molecule has 100 valence electrons. The van der Waals surface area contributed by atoms with Gasteiger partial charge in [-0.15, -0.1) is 0 Å². The molecule has 0 radical (unpaired) electrons. The fraction of sp³-hybridized carbons (Fsp3) is 0.143. The lowest BCUT2D eigenvalue weighted by Crippen LogP contribution is -2.15. The highest BCUT2D eigenvalue weighted by molar-refractivity contribution is 5.34. The Morgan fingerprint density at radius 1 is 0.895 bits per heavy atom. The van der Waals surface area contributed by atoms with Crippen LogP contribution in [0.3, 0.4) is 0 Å². The fourth-order valence-electron chi connectivity index (χ4n) is 1.76. The minimum Gasteiger partial charge on any atom is -0.320 e. The summed E-state index contributed by atoms with van der Waals surface area (Å²) >= 11 is 0. The third-order valence-corrected chi connectivity index (χ3v) is 2.96. The summed E-state index contributed by atoms with van der Waals surface area (Å²) in [4.78, 5) is 0. The summed E-state index contributed by atoms with van der Waals surface area (Å²) in [5, 5.41) is 0. The highest BCUT2D eigenvalue weighted by Gasteiger charge is 2.19. The van der Waals surface area contributed by atoms with Gasteiger partial charge >= 0.3 is 0 Å². The Balaban J connectivity index is 2.47. The van der Waals surface area contributed by atoms with Crippen molar-refractivity contribution in [3.63, 3.8) is 0 Å². The Labute approximate surface area is 107 Å². The van der Waals surface area contributed by atoms with E-state index in [0.29, 0.717) is 5.56 Å². The van der Waals surface area contributed by atoms with E-state index in [4.69, 9.17) is 5.73 Å². The first-order valence-electron chi connectivity index (χ1n) is 5.57. The minimum atomic E-state index is -1.58. The lowest BCUT2D eigenvalue weighted by Gasteiger charge is -2.14. The van der Waals surface area contributed by atoms with E-state index in [-0.39, 0.29) is 11.1 Å². The molecule has 2 rings (SSSR count). The van der Waals surface area contributed by atoms with Crippen molar-refractivity contribution in [2.24, 2.45) is 5.73 Å². The smallest absolute Gasteiger partial charge is 0.194 e. The highest BCUT2D eigenvalue weighted by atomic mass is 19.2. The molecule has 1 nitrogen and oxygen atoms in total. The van der Waals surface area contributed by atoms with Crippen LogP contribution in [0.1, 0.15) is 22.7 Å². The van der Waals surface area contributed by atoms with Crippen molar-refractivity contribution in [1.82, 2.24) is 0 Å². The van der Waals surface area contributed by atoms with Crippen LogP contribution in [0.25, 0.3) is 0 Å². The number of rotatable bonds is 2. The van der Waals surface area contributed by atoms with Gasteiger partial charge in [-0.1, -0.05) is 18.2 Å². The van der Waals surface area contributed by atoms with Crippen molar-refractivity contribution in [1.29, 1.82) is 0 Å². The van der Waals surface area contributed by atoms with Crippen molar-refractivity contribution >= 4 is 0 Å². The van der Waals surface area contributed by atoms with Crippen LogP contribution in [0, 0.1) is 30.2 Å². The number of halogens is 4. The molecule has 0 fully saturated rings. The highest BCUT2D eigenvalue weighted by Crippen LogP contribution is 2.26. The molecule has 0 bridgehead atoms. The standard InChI is InChI=1S/C14H11F4N/c1-7-2-3-8(6-11(7)16)14(19)9-4-5-10(15)13(18)12(9)17/h2-6,14H,19H2,1H3. The normalized spacial score (nSPS) is 12.5. The van der Waals surface area contributed by atoms with Crippen LogP contribution in [-0.4, -0.2) is 0 Å². The van der Waals surface area contributed by atoms with Crippen molar-refractivity contribution in [3.05, 3.63) is 70.3 Å². The van der Waals surface area contributed by atoms with E-state index in [1.165, 1.54) is 12.1 Å². The molecule has 0 aliphatic carbocycles. The van der Waals surface area contributed by atoms with Gasteiger partial charge in [0, 0.05) is 5.56 Å². The van der Waals surface area contributed by atoms with Crippen LogP contribution in [0.2, 0.25) is 0 Å². The van der Waals surface area contributed by atoms with E-state index < -0.39 is 29.3 Å². The third-order valence-electron chi connectivity index (χ3n) is 2.96. The van der Waals surface area contributed by atoms with Crippen molar-refractivity contribution in [2.45, 2.75) is 13.0 Å². The van der Waals surface area contributed by atoms with E-state index >= 15 is 0 Å². The maximum Gasteiger partial charge on any atom is 0.194 e. The van der Waals surface area contributed by atoms with E-state index in [0.717, 1.165) is 18.2 Å². The van der Waals surface area contributed by atoms with Crippen LogP contribution in [0.15, 0.2) is 30.3 Å². The maximum atomic E-state index is 13.6. The molecule has 19 heavy (non-hydrogen) atoms. The van der Waals surface area contributed by atoms with E-state index in [9.17, 15) is 17.6 Å². The van der Waals surface area contributed by atoms with Crippen LogP contribution in [0.5, 0.6) is 0 Å². The second-order valence-corrected chi connectivity index (χ2v) is 4.25. The monoisotopic (exact) mass is 269 g/mol. The van der Waals surface area contributed by atoms with Crippen molar-refractivity contribution in [3.8, 4) is 0 Å². The average Bonchev–Trinajstić information content (AvgIpc) is 2.39. The summed E-state index contributed by atoms with van der Waals surface area (Å²) in [5.74, 6) is -4.71. The summed E-state index contributed by atoms with van der Waals surface area (Å²) in [5.41, 5.74) is 6.24. The van der Waals surface area contributed by atoms with Gasteiger partial charge in [-0.05, 0) is 30.2 Å². The summed E-state index contributed by atoms with van der Waals surface area (Å²) in [6, 6.07) is 4.94. The molecule has 5 heteroatoms. The predicted octanol–water partition coefficient (Wildman–Crippen LogP) is 3.60. The summed E-state index contributed by atoms with van der Waals surface area (Å²) in [6.07, 6.45) is 0. The van der Waals surface area contributed by atoms with Crippen LogP contribution in [-0.2, 0) is 0 Å². The van der Waals surface area contributed by atoms with Gasteiger partial charge in [-0.3, -0.25) is 0 Å². The summed E-state index contributed by atoms with van der Waals surface area (Å²) in [7, 11) is 0. The molecule has 0 spiro atoms. The molecule has 0 aromatic heterocycles. The SMILES string of the molecule is Cc1ccc(C(N)c2ccc(F)c(F)c2F)cc1F. The third kappa shape index (κ3) is 2.46. The molecule has 0 saturated heterocycles. The van der Waals surface area contributed by atoms with Gasteiger partial charge in [-0.25, -0.2) is 17.6 Å². The zero-order chi connectivity index (χ0) is 14.2. The van der Waals surface area contributed by atoms with Crippen LogP contribution >= 0.6 is 0 Å². The number of benzene rings is 2.